The number of nitriles is 1. The zero-order valence-electron chi connectivity index (χ0n) is 14.4. The van der Waals surface area contributed by atoms with Crippen LogP contribution in [0.1, 0.15) is 43.9 Å². The second kappa shape index (κ2) is 5.62. The lowest BCUT2D eigenvalue weighted by molar-refractivity contribution is -0.144. The van der Waals surface area contributed by atoms with Crippen LogP contribution >= 0.6 is 0 Å². The number of hydrogen-bond acceptors (Lipinski definition) is 5. The molecular formula is C17H17F3N4O2. The summed E-state index contributed by atoms with van der Waals surface area (Å²) in [5, 5.41) is 13.2. The third kappa shape index (κ3) is 2.75. The van der Waals surface area contributed by atoms with Crippen LogP contribution in [0.25, 0.3) is 0 Å². The van der Waals surface area contributed by atoms with Gasteiger partial charge in [0, 0.05) is 31.0 Å². The summed E-state index contributed by atoms with van der Waals surface area (Å²) in [5.41, 5.74) is 3.95. The predicted molar refractivity (Wildman–Crippen MR) is 83.9 cm³/mol. The van der Waals surface area contributed by atoms with Gasteiger partial charge < -0.3 is 10.5 Å². The Morgan fingerprint density at radius 2 is 2.08 bits per heavy atom. The smallest absolute Gasteiger partial charge is 0.433 e. The molecule has 9 heteroatoms. The molecule has 2 aliphatic rings. The number of aryl methyl sites for hydroxylation is 1. The lowest BCUT2D eigenvalue weighted by Gasteiger charge is -2.37. The van der Waals surface area contributed by atoms with Crippen LogP contribution in [0.2, 0.25) is 0 Å². The monoisotopic (exact) mass is 366 g/mol. The molecule has 138 valence electrons. The zero-order valence-corrected chi connectivity index (χ0v) is 14.4. The van der Waals surface area contributed by atoms with Gasteiger partial charge in [-0.15, -0.1) is 0 Å². The van der Waals surface area contributed by atoms with Crippen molar-refractivity contribution in [1.82, 2.24) is 9.78 Å². The van der Waals surface area contributed by atoms with Crippen molar-refractivity contribution < 1.29 is 22.7 Å². The predicted octanol–water partition coefficient (Wildman–Crippen LogP) is 2.89. The number of ketones is 1. The van der Waals surface area contributed by atoms with Gasteiger partial charge in [0.1, 0.15) is 23.1 Å². The number of alkyl halides is 3. The van der Waals surface area contributed by atoms with Crippen molar-refractivity contribution in [2.24, 2.45) is 18.2 Å². The van der Waals surface area contributed by atoms with Crippen LogP contribution in [0.5, 0.6) is 0 Å². The van der Waals surface area contributed by atoms with Crippen molar-refractivity contribution in [2.45, 2.75) is 38.8 Å². The molecule has 0 aromatic carbocycles. The normalized spacial score (nSPS) is 22.8. The summed E-state index contributed by atoms with van der Waals surface area (Å²) in [7, 11) is 1.16. The number of carbonyl (C=O) groups excluding carboxylic acids is 1. The van der Waals surface area contributed by atoms with E-state index in [0.29, 0.717) is 11.1 Å². The lowest BCUT2D eigenvalue weighted by atomic mass is 9.70. The Morgan fingerprint density at radius 3 is 2.65 bits per heavy atom. The van der Waals surface area contributed by atoms with Crippen molar-refractivity contribution >= 4 is 5.78 Å². The van der Waals surface area contributed by atoms with Gasteiger partial charge in [0.25, 0.3) is 0 Å². The Morgan fingerprint density at radius 1 is 1.42 bits per heavy atom. The number of carbonyl (C=O) groups is 1. The van der Waals surface area contributed by atoms with E-state index in [1.807, 2.05) is 13.8 Å². The molecule has 2 N–H and O–H groups in total. The maximum Gasteiger partial charge on any atom is 0.433 e. The average molecular weight is 366 g/mol. The van der Waals surface area contributed by atoms with Crippen molar-refractivity contribution in [2.75, 3.05) is 0 Å². The third-order valence-electron chi connectivity index (χ3n) is 4.62. The number of allylic oxidation sites excluding steroid dienone is 3. The fraction of sp³-hybridized carbons (Fsp3) is 0.471. The van der Waals surface area contributed by atoms with Crippen LogP contribution < -0.4 is 5.73 Å². The van der Waals surface area contributed by atoms with Gasteiger partial charge in [-0.1, -0.05) is 13.8 Å². The van der Waals surface area contributed by atoms with Crippen LogP contribution in [0.3, 0.4) is 0 Å². The van der Waals surface area contributed by atoms with Crippen molar-refractivity contribution in [1.29, 1.82) is 5.26 Å². The van der Waals surface area contributed by atoms with E-state index in [-0.39, 0.29) is 40.6 Å². The highest BCUT2D eigenvalue weighted by Gasteiger charge is 2.47. The van der Waals surface area contributed by atoms with Gasteiger partial charge in [-0.05, 0) is 5.41 Å². The highest BCUT2D eigenvalue weighted by atomic mass is 19.4. The molecule has 0 bridgehead atoms. The van der Waals surface area contributed by atoms with Crippen molar-refractivity contribution in [3.05, 3.63) is 40.2 Å². The number of nitrogens with two attached hydrogens (primary N) is 1. The minimum atomic E-state index is -4.70. The Labute approximate surface area is 147 Å². The van der Waals surface area contributed by atoms with Gasteiger partial charge in [0.2, 0.25) is 5.88 Å². The van der Waals surface area contributed by atoms with E-state index < -0.39 is 23.2 Å². The molecule has 0 amide bonds. The summed E-state index contributed by atoms with van der Waals surface area (Å²) in [6.45, 7) is 3.72. The number of rotatable bonds is 1. The molecule has 1 aromatic heterocycles. The minimum Gasteiger partial charge on any atom is -0.444 e. The van der Waals surface area contributed by atoms with Gasteiger partial charge >= 0.3 is 6.18 Å². The number of Topliss-reactive ketones (excluding diaryl/α,β-unsaturated/α-hetero) is 1. The highest BCUT2D eigenvalue weighted by molar-refractivity contribution is 6.00. The van der Waals surface area contributed by atoms with Crippen LogP contribution in [0.15, 0.2) is 29.0 Å². The van der Waals surface area contributed by atoms with E-state index in [0.717, 1.165) is 13.2 Å². The minimum absolute atomic E-state index is 0.0635. The molecule has 1 aliphatic carbocycles. The number of hydrogen-bond donors (Lipinski definition) is 1. The maximum absolute atomic E-state index is 13.5. The summed E-state index contributed by atoms with van der Waals surface area (Å²) in [4.78, 5) is 12.7. The van der Waals surface area contributed by atoms with Crippen LogP contribution in [0, 0.1) is 16.7 Å². The van der Waals surface area contributed by atoms with E-state index in [2.05, 4.69) is 5.10 Å². The first kappa shape index (κ1) is 18.0. The van der Waals surface area contributed by atoms with Crippen LogP contribution in [-0.2, 0) is 22.8 Å². The van der Waals surface area contributed by atoms with E-state index in [1.54, 1.807) is 6.07 Å². The summed E-state index contributed by atoms with van der Waals surface area (Å²) >= 11 is 0. The second-order valence-corrected chi connectivity index (χ2v) is 7.27. The molecule has 2 heterocycles. The molecule has 0 spiro atoms. The van der Waals surface area contributed by atoms with E-state index in [9.17, 15) is 23.2 Å². The van der Waals surface area contributed by atoms with Crippen molar-refractivity contribution in [3.63, 3.8) is 0 Å². The summed E-state index contributed by atoms with van der Waals surface area (Å²) in [5.74, 6) is -1.64. The highest BCUT2D eigenvalue weighted by Crippen LogP contribution is 2.49. The molecule has 6 nitrogen and oxygen atoms in total. The standard InChI is InChI=1S/C17H17F3N4O2/c1-16(2)4-10(25)13-11(5-16)26-15(22)8(6-21)12(13)9-7-23-24(3)14(9)17(18,19)20/h7,12H,4-5,22H2,1-3H3. The SMILES string of the molecule is Cn1ncc(C2C(C#N)=C(N)OC3=C2C(=O)CC(C)(C)C3)c1C(F)(F)F. The number of nitrogens with zero attached hydrogens (tertiary/aromatic N) is 3. The zero-order chi connectivity index (χ0) is 19.4. The Hall–Kier alpha value is -2.76. The number of halogens is 3. The van der Waals surface area contributed by atoms with Crippen LogP contribution in [0.4, 0.5) is 13.2 Å². The quantitative estimate of drug-likeness (QED) is 0.825. The summed E-state index contributed by atoms with van der Waals surface area (Å²) in [6, 6.07) is 1.80. The van der Waals surface area contributed by atoms with E-state index in [4.69, 9.17) is 10.5 Å². The first-order valence-corrected chi connectivity index (χ1v) is 7.89. The van der Waals surface area contributed by atoms with Gasteiger partial charge in [0.05, 0.1) is 12.1 Å². The Bertz CT molecular complexity index is 900. The number of ether oxygens (including phenoxy) is 1. The first-order valence-electron chi connectivity index (χ1n) is 7.89. The van der Waals surface area contributed by atoms with Gasteiger partial charge in [-0.3, -0.25) is 9.48 Å². The van der Waals surface area contributed by atoms with Crippen LogP contribution in [-0.4, -0.2) is 15.6 Å². The van der Waals surface area contributed by atoms with Gasteiger partial charge in [-0.25, -0.2) is 0 Å². The maximum atomic E-state index is 13.5. The molecule has 1 atom stereocenters. The molecular weight excluding hydrogens is 349 g/mol. The second-order valence-electron chi connectivity index (χ2n) is 7.27. The molecule has 0 saturated heterocycles. The fourth-order valence-electron chi connectivity index (χ4n) is 3.61. The topological polar surface area (TPSA) is 93.9 Å². The Balaban J connectivity index is 2.27. The molecule has 0 saturated carbocycles. The Kier molecular flexibility index (Phi) is 3.90. The largest absolute Gasteiger partial charge is 0.444 e. The van der Waals surface area contributed by atoms with E-state index in [1.165, 1.54) is 0 Å². The fourth-order valence-corrected chi connectivity index (χ4v) is 3.61. The lowest BCUT2D eigenvalue weighted by Crippen LogP contribution is -2.34. The molecule has 26 heavy (non-hydrogen) atoms. The van der Waals surface area contributed by atoms with Gasteiger partial charge in [-0.2, -0.15) is 23.5 Å². The molecule has 1 aliphatic heterocycles. The van der Waals surface area contributed by atoms with Gasteiger partial charge in [0.15, 0.2) is 5.78 Å². The molecule has 0 radical (unpaired) electrons. The number of aromatic nitrogens is 2. The molecule has 0 fully saturated rings. The van der Waals surface area contributed by atoms with E-state index >= 15 is 0 Å². The molecule has 1 aromatic rings. The third-order valence-corrected chi connectivity index (χ3v) is 4.62. The molecule has 3 rings (SSSR count). The molecule has 1 unspecified atom stereocenters. The summed E-state index contributed by atoms with van der Waals surface area (Å²) < 4.78 is 46.8. The summed E-state index contributed by atoms with van der Waals surface area (Å²) in [6.07, 6.45) is -3.19. The first-order chi connectivity index (χ1) is 12.0. The van der Waals surface area contributed by atoms with Crippen molar-refractivity contribution in [3.8, 4) is 6.07 Å². The average Bonchev–Trinajstić information content (AvgIpc) is 2.85.